The van der Waals surface area contributed by atoms with Gasteiger partial charge in [0, 0.05) is 0 Å². The van der Waals surface area contributed by atoms with E-state index in [2.05, 4.69) is 0 Å². The van der Waals surface area contributed by atoms with Gasteiger partial charge in [-0.2, -0.15) is 18.4 Å². The number of halogens is 4. The number of hydrogen-bond donors (Lipinski definition) is 1. The molecule has 1 aromatic rings. The molecule has 0 aliphatic carbocycles. The van der Waals surface area contributed by atoms with Crippen LogP contribution in [0.5, 0.6) is 0 Å². The molecule has 0 atom stereocenters. The standard InChI is InChI=1S/C10H5ClF3NO2/c11-9-5(3-8(16)17)1-2-7(6(9)4-15)10(12,13)14/h1-2H,3H2,(H,16,17). The van der Waals surface area contributed by atoms with Crippen LogP contribution in [0.15, 0.2) is 12.1 Å². The summed E-state index contributed by atoms with van der Waals surface area (Å²) in [4.78, 5) is 10.4. The molecule has 90 valence electrons. The van der Waals surface area contributed by atoms with Crippen molar-refractivity contribution in [1.29, 1.82) is 5.26 Å². The van der Waals surface area contributed by atoms with Crippen molar-refractivity contribution in [3.8, 4) is 6.07 Å². The zero-order valence-electron chi connectivity index (χ0n) is 8.18. The highest BCUT2D eigenvalue weighted by Crippen LogP contribution is 2.36. The molecule has 1 rings (SSSR count). The first-order chi connectivity index (χ1) is 7.77. The highest BCUT2D eigenvalue weighted by atomic mass is 35.5. The maximum atomic E-state index is 12.5. The Morgan fingerprint density at radius 3 is 2.47 bits per heavy atom. The zero-order valence-corrected chi connectivity index (χ0v) is 8.93. The molecule has 0 aliphatic rings. The summed E-state index contributed by atoms with van der Waals surface area (Å²) in [5, 5.41) is 16.7. The molecule has 0 aliphatic heterocycles. The molecular weight excluding hydrogens is 259 g/mol. The Balaban J connectivity index is 3.39. The highest BCUT2D eigenvalue weighted by Gasteiger charge is 2.35. The molecule has 0 unspecified atom stereocenters. The Labute approximate surface area is 99.0 Å². The van der Waals surface area contributed by atoms with Gasteiger partial charge in [0.15, 0.2) is 0 Å². The first-order valence-corrected chi connectivity index (χ1v) is 4.65. The summed E-state index contributed by atoms with van der Waals surface area (Å²) >= 11 is 5.58. The van der Waals surface area contributed by atoms with Crippen molar-refractivity contribution >= 4 is 17.6 Å². The monoisotopic (exact) mass is 263 g/mol. The predicted octanol–water partition coefficient (Wildman–Crippen LogP) is 2.86. The lowest BCUT2D eigenvalue weighted by atomic mass is 10.0. The minimum Gasteiger partial charge on any atom is -0.481 e. The predicted molar refractivity (Wildman–Crippen MR) is 52.5 cm³/mol. The Morgan fingerprint density at radius 2 is 2.06 bits per heavy atom. The number of carboxylic acid groups (broad SMARTS) is 1. The average Bonchev–Trinajstić information content (AvgIpc) is 2.18. The molecule has 0 bridgehead atoms. The van der Waals surface area contributed by atoms with Crippen molar-refractivity contribution in [2.45, 2.75) is 12.6 Å². The van der Waals surface area contributed by atoms with E-state index in [0.29, 0.717) is 6.07 Å². The zero-order chi connectivity index (χ0) is 13.2. The van der Waals surface area contributed by atoms with E-state index >= 15 is 0 Å². The Hall–Kier alpha value is -1.74. The van der Waals surface area contributed by atoms with Crippen molar-refractivity contribution < 1.29 is 23.1 Å². The Kier molecular flexibility index (Phi) is 3.63. The third-order valence-electron chi connectivity index (χ3n) is 1.98. The third kappa shape index (κ3) is 2.88. The van der Waals surface area contributed by atoms with Crippen molar-refractivity contribution in [1.82, 2.24) is 0 Å². The summed E-state index contributed by atoms with van der Waals surface area (Å²) in [5.41, 5.74) is -1.94. The van der Waals surface area contributed by atoms with Crippen LogP contribution in [0.1, 0.15) is 16.7 Å². The molecule has 0 spiro atoms. The Morgan fingerprint density at radius 1 is 1.47 bits per heavy atom. The molecule has 0 radical (unpaired) electrons. The Bertz CT molecular complexity index is 505. The van der Waals surface area contributed by atoms with Crippen LogP contribution in [0.25, 0.3) is 0 Å². The molecule has 0 amide bonds. The molecule has 0 saturated carbocycles. The maximum absolute atomic E-state index is 12.5. The van der Waals surface area contributed by atoms with E-state index in [1.807, 2.05) is 0 Å². The summed E-state index contributed by atoms with van der Waals surface area (Å²) in [6.45, 7) is 0. The number of hydrogen-bond acceptors (Lipinski definition) is 2. The van der Waals surface area contributed by atoms with E-state index in [4.69, 9.17) is 22.0 Å². The number of carbonyl (C=O) groups is 1. The van der Waals surface area contributed by atoms with Crippen LogP contribution in [0.2, 0.25) is 5.02 Å². The molecular formula is C10H5ClF3NO2. The third-order valence-corrected chi connectivity index (χ3v) is 2.41. The molecule has 0 fully saturated rings. The van der Waals surface area contributed by atoms with E-state index in [-0.39, 0.29) is 5.56 Å². The van der Waals surface area contributed by atoms with Gasteiger partial charge < -0.3 is 5.11 Å². The second-order valence-corrected chi connectivity index (χ2v) is 3.52. The van der Waals surface area contributed by atoms with Gasteiger partial charge in [0.25, 0.3) is 0 Å². The van der Waals surface area contributed by atoms with Crippen LogP contribution >= 0.6 is 11.6 Å². The number of aliphatic carboxylic acids is 1. The number of rotatable bonds is 2. The van der Waals surface area contributed by atoms with Gasteiger partial charge >= 0.3 is 12.1 Å². The second-order valence-electron chi connectivity index (χ2n) is 3.14. The van der Waals surface area contributed by atoms with Gasteiger partial charge in [-0.25, -0.2) is 0 Å². The van der Waals surface area contributed by atoms with Crippen molar-refractivity contribution in [2.24, 2.45) is 0 Å². The molecule has 1 aromatic carbocycles. The van der Waals surface area contributed by atoms with Gasteiger partial charge in [-0.15, -0.1) is 0 Å². The van der Waals surface area contributed by atoms with Crippen LogP contribution < -0.4 is 0 Å². The van der Waals surface area contributed by atoms with E-state index < -0.39 is 34.7 Å². The van der Waals surface area contributed by atoms with Gasteiger partial charge in [0.1, 0.15) is 6.07 Å². The lowest BCUT2D eigenvalue weighted by Crippen LogP contribution is -2.10. The van der Waals surface area contributed by atoms with E-state index in [9.17, 15) is 18.0 Å². The highest BCUT2D eigenvalue weighted by molar-refractivity contribution is 6.32. The fourth-order valence-corrected chi connectivity index (χ4v) is 1.54. The lowest BCUT2D eigenvalue weighted by Gasteiger charge is -2.11. The van der Waals surface area contributed by atoms with Gasteiger partial charge in [-0.3, -0.25) is 4.79 Å². The first-order valence-electron chi connectivity index (χ1n) is 4.28. The van der Waals surface area contributed by atoms with Crippen LogP contribution in [0, 0.1) is 11.3 Å². The lowest BCUT2D eigenvalue weighted by molar-refractivity contribution is -0.137. The van der Waals surface area contributed by atoms with Gasteiger partial charge in [0.05, 0.1) is 22.6 Å². The van der Waals surface area contributed by atoms with E-state index in [0.717, 1.165) is 6.07 Å². The summed E-state index contributed by atoms with van der Waals surface area (Å²) in [7, 11) is 0. The van der Waals surface area contributed by atoms with Gasteiger partial charge in [-0.05, 0) is 11.6 Å². The molecule has 0 saturated heterocycles. The summed E-state index contributed by atoms with van der Waals surface area (Å²) in [5.74, 6) is -1.24. The van der Waals surface area contributed by atoms with Crippen molar-refractivity contribution in [3.63, 3.8) is 0 Å². The molecule has 17 heavy (non-hydrogen) atoms. The normalized spacial score (nSPS) is 11.0. The van der Waals surface area contributed by atoms with E-state index in [1.54, 1.807) is 0 Å². The number of nitriles is 1. The summed E-state index contributed by atoms with van der Waals surface area (Å²) in [6.07, 6.45) is -5.23. The molecule has 0 aromatic heterocycles. The number of carboxylic acids is 1. The topological polar surface area (TPSA) is 61.1 Å². The molecule has 0 heterocycles. The smallest absolute Gasteiger partial charge is 0.417 e. The van der Waals surface area contributed by atoms with Crippen molar-refractivity contribution in [3.05, 3.63) is 33.8 Å². The molecule has 1 N–H and O–H groups in total. The largest absolute Gasteiger partial charge is 0.481 e. The minimum atomic E-state index is -4.70. The van der Waals surface area contributed by atoms with E-state index in [1.165, 1.54) is 6.07 Å². The number of nitrogens with zero attached hydrogens (tertiary/aromatic N) is 1. The SMILES string of the molecule is N#Cc1c(C(F)(F)F)ccc(CC(=O)O)c1Cl. The maximum Gasteiger partial charge on any atom is 0.417 e. The number of benzene rings is 1. The molecule has 3 nitrogen and oxygen atoms in total. The van der Waals surface area contributed by atoms with Crippen LogP contribution in [0.4, 0.5) is 13.2 Å². The first kappa shape index (κ1) is 13.3. The average molecular weight is 264 g/mol. The number of alkyl halides is 3. The van der Waals surface area contributed by atoms with Gasteiger partial charge in [-0.1, -0.05) is 17.7 Å². The van der Waals surface area contributed by atoms with Crippen molar-refractivity contribution in [2.75, 3.05) is 0 Å². The minimum absolute atomic E-state index is 0.0243. The fraction of sp³-hybridized carbons (Fsp3) is 0.200. The van der Waals surface area contributed by atoms with Crippen LogP contribution in [-0.2, 0) is 17.4 Å². The summed E-state index contributed by atoms with van der Waals surface area (Å²) in [6, 6.07) is 2.95. The summed E-state index contributed by atoms with van der Waals surface area (Å²) < 4.78 is 37.5. The van der Waals surface area contributed by atoms with Gasteiger partial charge in [0.2, 0.25) is 0 Å². The quantitative estimate of drug-likeness (QED) is 0.892. The fourth-order valence-electron chi connectivity index (χ4n) is 1.26. The molecule has 7 heteroatoms. The van der Waals surface area contributed by atoms with Crippen LogP contribution in [-0.4, -0.2) is 11.1 Å². The second kappa shape index (κ2) is 4.63. The van der Waals surface area contributed by atoms with Crippen LogP contribution in [0.3, 0.4) is 0 Å².